The molecule has 5 atom stereocenters. The van der Waals surface area contributed by atoms with Crippen molar-refractivity contribution >= 4 is 39.9 Å². The van der Waals surface area contributed by atoms with Crippen LogP contribution in [0.25, 0.3) is 0 Å². The Morgan fingerprint density at radius 2 is 1.90 bits per heavy atom. The number of benzene rings is 1. The zero-order valence-electron chi connectivity index (χ0n) is 17.4. The first kappa shape index (κ1) is 21.5. The number of esters is 1. The number of hydrazone groups is 1. The van der Waals surface area contributed by atoms with E-state index >= 15 is 0 Å². The van der Waals surface area contributed by atoms with E-state index in [1.54, 1.807) is 26.0 Å². The number of rotatable bonds is 7. The summed E-state index contributed by atoms with van der Waals surface area (Å²) in [7, 11) is 1.47. The number of halogens is 1. The third-order valence-corrected chi connectivity index (χ3v) is 6.52. The van der Waals surface area contributed by atoms with Gasteiger partial charge in [0.15, 0.2) is 17.6 Å². The number of amides is 2. The molecule has 3 aliphatic rings. The summed E-state index contributed by atoms with van der Waals surface area (Å²) in [4.78, 5) is 37.4. The fourth-order valence-electron chi connectivity index (χ4n) is 4.54. The van der Waals surface area contributed by atoms with Gasteiger partial charge in [-0.3, -0.25) is 9.59 Å². The summed E-state index contributed by atoms with van der Waals surface area (Å²) < 4.78 is 16.6. The smallest absolute Gasteiger partial charge is 0.347 e. The molecule has 1 aromatic rings. The minimum Gasteiger partial charge on any atom is -0.493 e. The summed E-state index contributed by atoms with van der Waals surface area (Å²) in [5, 5.41) is 5.18. The summed E-state index contributed by atoms with van der Waals surface area (Å²) in [6.07, 6.45) is 5.58. The Bertz CT molecular complexity index is 960. The molecule has 2 fully saturated rings. The molecule has 2 amide bonds. The van der Waals surface area contributed by atoms with Gasteiger partial charge in [0.1, 0.15) is 0 Å². The van der Waals surface area contributed by atoms with Crippen molar-refractivity contribution in [2.45, 2.75) is 26.4 Å². The number of fused-ring (bicyclic) bond motifs is 5. The van der Waals surface area contributed by atoms with E-state index in [0.29, 0.717) is 21.5 Å². The highest BCUT2D eigenvalue weighted by atomic mass is 79.9. The second-order valence-corrected chi connectivity index (χ2v) is 8.63. The first-order valence-corrected chi connectivity index (χ1v) is 11.0. The zero-order valence-corrected chi connectivity index (χ0v) is 19.0. The second kappa shape index (κ2) is 8.45. The molecular formula is C22H23BrN2O6. The molecule has 0 aromatic heterocycles. The lowest BCUT2D eigenvalue weighted by atomic mass is 9.85. The summed E-state index contributed by atoms with van der Waals surface area (Å²) in [5.41, 5.74) is 0.596. The molecule has 0 radical (unpaired) electrons. The number of nitrogens with zero attached hydrogens (tertiary/aromatic N) is 2. The van der Waals surface area contributed by atoms with Gasteiger partial charge in [-0.2, -0.15) is 10.1 Å². The standard InChI is InChI=1S/C22H23BrN2O6/c1-4-30-22(28)11(2)31-19-15(23)7-12(8-16(19)29-3)10-24-25-20(26)17-13-5-6-14(9-13)18(17)21(25)27/h5-8,10-11,13-14,17-18H,4,9H2,1-3H3/t11-,13+,14+,17-,18+/m1/s1. The van der Waals surface area contributed by atoms with Crippen molar-refractivity contribution in [3.8, 4) is 11.5 Å². The van der Waals surface area contributed by atoms with Gasteiger partial charge in [-0.15, -0.1) is 0 Å². The normalized spacial score (nSPS) is 27.2. The molecule has 1 heterocycles. The van der Waals surface area contributed by atoms with E-state index in [-0.39, 0.29) is 42.1 Å². The van der Waals surface area contributed by atoms with Crippen molar-refractivity contribution in [3.63, 3.8) is 0 Å². The number of carbonyl (C=O) groups is 3. The lowest BCUT2D eigenvalue weighted by Gasteiger charge is -2.17. The van der Waals surface area contributed by atoms with E-state index in [0.717, 1.165) is 11.4 Å². The molecule has 4 rings (SSSR count). The van der Waals surface area contributed by atoms with Crippen molar-refractivity contribution in [2.24, 2.45) is 28.8 Å². The van der Waals surface area contributed by atoms with Crippen LogP contribution in [0.5, 0.6) is 11.5 Å². The van der Waals surface area contributed by atoms with Crippen LogP contribution in [-0.2, 0) is 19.1 Å². The van der Waals surface area contributed by atoms with E-state index in [9.17, 15) is 14.4 Å². The van der Waals surface area contributed by atoms with Crippen LogP contribution in [0.15, 0.2) is 33.9 Å². The number of hydrogen-bond donors (Lipinski definition) is 0. The van der Waals surface area contributed by atoms with E-state index in [1.807, 2.05) is 12.2 Å². The summed E-state index contributed by atoms with van der Waals surface area (Å²) in [6, 6.07) is 3.36. The van der Waals surface area contributed by atoms with Gasteiger partial charge in [0, 0.05) is 0 Å². The highest BCUT2D eigenvalue weighted by Gasteiger charge is 2.59. The van der Waals surface area contributed by atoms with Gasteiger partial charge in [0.2, 0.25) is 0 Å². The molecule has 1 aromatic carbocycles. The van der Waals surface area contributed by atoms with E-state index in [2.05, 4.69) is 21.0 Å². The molecule has 9 heteroatoms. The molecule has 1 saturated carbocycles. The summed E-state index contributed by atoms with van der Waals surface area (Å²) in [5.74, 6) is -0.563. The Labute approximate surface area is 188 Å². The zero-order chi connectivity index (χ0) is 22.3. The van der Waals surface area contributed by atoms with Gasteiger partial charge in [-0.25, -0.2) is 4.79 Å². The maximum absolute atomic E-state index is 12.8. The summed E-state index contributed by atoms with van der Waals surface area (Å²) >= 11 is 3.42. The number of methoxy groups -OCH3 is 1. The molecule has 8 nitrogen and oxygen atoms in total. The second-order valence-electron chi connectivity index (χ2n) is 7.78. The molecule has 31 heavy (non-hydrogen) atoms. The van der Waals surface area contributed by atoms with Gasteiger partial charge in [0.25, 0.3) is 11.8 Å². The Balaban J connectivity index is 1.52. The third kappa shape index (κ3) is 3.75. The van der Waals surface area contributed by atoms with Crippen molar-refractivity contribution in [3.05, 3.63) is 34.3 Å². The molecule has 1 saturated heterocycles. The molecule has 2 bridgehead atoms. The molecule has 164 valence electrons. The molecule has 0 unspecified atom stereocenters. The molecule has 0 N–H and O–H groups in total. The van der Waals surface area contributed by atoms with Gasteiger partial charge < -0.3 is 14.2 Å². The number of ether oxygens (including phenoxy) is 3. The third-order valence-electron chi connectivity index (χ3n) is 5.93. The topological polar surface area (TPSA) is 94.5 Å². The highest BCUT2D eigenvalue weighted by molar-refractivity contribution is 9.10. The highest BCUT2D eigenvalue weighted by Crippen LogP contribution is 2.52. The van der Waals surface area contributed by atoms with Crippen LogP contribution in [0.3, 0.4) is 0 Å². The van der Waals surface area contributed by atoms with E-state index in [1.165, 1.54) is 13.3 Å². The Morgan fingerprint density at radius 3 is 2.48 bits per heavy atom. The average Bonchev–Trinajstić information content (AvgIpc) is 3.42. The van der Waals surface area contributed by atoms with Crippen molar-refractivity contribution < 1.29 is 28.6 Å². The molecule has 2 aliphatic carbocycles. The van der Waals surface area contributed by atoms with Gasteiger partial charge in [-0.05, 0) is 65.7 Å². The van der Waals surface area contributed by atoms with Crippen LogP contribution in [0, 0.1) is 23.7 Å². The number of carbonyl (C=O) groups excluding carboxylic acids is 3. The Hall–Kier alpha value is -2.68. The van der Waals surface area contributed by atoms with Crippen LogP contribution in [0.2, 0.25) is 0 Å². The minimum atomic E-state index is -0.826. The predicted molar refractivity (Wildman–Crippen MR) is 115 cm³/mol. The fraction of sp³-hybridized carbons (Fsp3) is 0.455. The first-order chi connectivity index (χ1) is 14.8. The largest absolute Gasteiger partial charge is 0.493 e. The first-order valence-electron chi connectivity index (χ1n) is 10.2. The van der Waals surface area contributed by atoms with Gasteiger partial charge in [0.05, 0.1) is 36.2 Å². The lowest BCUT2D eigenvalue weighted by molar-refractivity contribution is -0.150. The molecule has 1 aliphatic heterocycles. The van der Waals surface area contributed by atoms with Crippen LogP contribution in [0.4, 0.5) is 0 Å². The van der Waals surface area contributed by atoms with Crippen LogP contribution in [-0.4, -0.2) is 48.8 Å². The van der Waals surface area contributed by atoms with Gasteiger partial charge >= 0.3 is 5.97 Å². The lowest BCUT2D eigenvalue weighted by Crippen LogP contribution is -2.28. The van der Waals surface area contributed by atoms with Crippen LogP contribution < -0.4 is 9.47 Å². The molecular weight excluding hydrogens is 468 g/mol. The molecule has 0 spiro atoms. The van der Waals surface area contributed by atoms with Crippen LogP contribution in [0.1, 0.15) is 25.8 Å². The maximum atomic E-state index is 12.8. The van der Waals surface area contributed by atoms with E-state index < -0.39 is 12.1 Å². The van der Waals surface area contributed by atoms with E-state index in [4.69, 9.17) is 14.2 Å². The van der Waals surface area contributed by atoms with Gasteiger partial charge in [-0.1, -0.05) is 12.2 Å². The Morgan fingerprint density at radius 1 is 1.26 bits per heavy atom. The monoisotopic (exact) mass is 490 g/mol. The Kier molecular flexibility index (Phi) is 5.88. The minimum absolute atomic E-state index is 0.138. The maximum Gasteiger partial charge on any atom is 0.347 e. The SMILES string of the molecule is CCOC(=O)[C@@H](C)Oc1c(Br)cc(C=NN2C(=O)[C@@H]3[C@H](C2=O)[C@H]2C=C[C@H]3C2)cc1OC. The van der Waals surface area contributed by atoms with Crippen LogP contribution >= 0.6 is 15.9 Å². The number of allylic oxidation sites excluding steroid dienone is 2. The number of hydrogen-bond acceptors (Lipinski definition) is 7. The fourth-order valence-corrected chi connectivity index (χ4v) is 5.09. The average molecular weight is 491 g/mol. The quantitative estimate of drug-likeness (QED) is 0.252. The van der Waals surface area contributed by atoms with Crippen molar-refractivity contribution in [1.82, 2.24) is 5.01 Å². The summed E-state index contributed by atoms with van der Waals surface area (Å²) in [6.45, 7) is 3.57. The van der Waals surface area contributed by atoms with Crippen molar-refractivity contribution in [1.29, 1.82) is 0 Å². The number of imide groups is 1. The van der Waals surface area contributed by atoms with Crippen molar-refractivity contribution in [2.75, 3.05) is 13.7 Å². The predicted octanol–water partition coefficient (Wildman–Crippen LogP) is 2.93.